The summed E-state index contributed by atoms with van der Waals surface area (Å²) in [5.41, 5.74) is 0.657. The Bertz CT molecular complexity index is 1140. The summed E-state index contributed by atoms with van der Waals surface area (Å²) in [7, 11) is 3.77. The number of aromatic nitrogens is 1. The first kappa shape index (κ1) is 21.2. The maximum atomic E-state index is 14.1. The van der Waals surface area contributed by atoms with Crippen molar-refractivity contribution in [2.24, 2.45) is 0 Å². The van der Waals surface area contributed by atoms with Crippen LogP contribution in [0.25, 0.3) is 21.2 Å². The van der Waals surface area contributed by atoms with Crippen LogP contribution < -0.4 is 4.90 Å². The van der Waals surface area contributed by atoms with Gasteiger partial charge in [0.05, 0.1) is 4.70 Å². The molecule has 0 radical (unpaired) electrons. The monoisotopic (exact) mass is 437 g/mol. The molecule has 0 aliphatic carbocycles. The molecule has 0 fully saturated rings. The fourth-order valence-electron chi connectivity index (χ4n) is 2.87. The van der Waals surface area contributed by atoms with Gasteiger partial charge in [0.1, 0.15) is 16.9 Å². The molecule has 152 valence electrons. The predicted octanol–water partition coefficient (Wildman–Crippen LogP) is 4.95. The Hall–Kier alpha value is -2.55. The van der Waals surface area contributed by atoms with E-state index in [4.69, 9.17) is 4.42 Å². The molecular weight excluding hydrogens is 420 g/mol. The standard InChI is InChI=1S/C20H17F2N3O2S.ClH/c1-24(2)7-8-25(19(26)16-9-12-5-3-4-6-15(12)27-16)20-23-18-14(22)10-13(21)11-17(18)28-20;/h3-6,9-11H,7-8H2,1-2H3;1H. The van der Waals surface area contributed by atoms with Gasteiger partial charge in [0, 0.05) is 24.5 Å². The van der Waals surface area contributed by atoms with E-state index in [1.807, 2.05) is 37.2 Å². The summed E-state index contributed by atoms with van der Waals surface area (Å²) in [6.45, 7) is 0.894. The highest BCUT2D eigenvalue weighted by atomic mass is 35.5. The van der Waals surface area contributed by atoms with E-state index in [9.17, 15) is 13.6 Å². The number of hydrogen-bond acceptors (Lipinski definition) is 5. The zero-order valence-electron chi connectivity index (χ0n) is 15.7. The quantitative estimate of drug-likeness (QED) is 0.443. The first-order chi connectivity index (χ1) is 13.4. The molecular formula is C20H18ClF2N3O2S. The fourth-order valence-corrected chi connectivity index (χ4v) is 3.89. The van der Waals surface area contributed by atoms with Crippen molar-refractivity contribution in [3.63, 3.8) is 0 Å². The second-order valence-electron chi connectivity index (χ2n) is 6.64. The van der Waals surface area contributed by atoms with Crippen LogP contribution in [0.3, 0.4) is 0 Å². The molecule has 29 heavy (non-hydrogen) atoms. The molecule has 2 aromatic carbocycles. The summed E-state index contributed by atoms with van der Waals surface area (Å²) in [6, 6.07) is 11.0. The van der Waals surface area contributed by atoms with Crippen LogP contribution in [0, 0.1) is 11.6 Å². The zero-order chi connectivity index (χ0) is 19.8. The van der Waals surface area contributed by atoms with Gasteiger partial charge in [0.15, 0.2) is 16.7 Å². The largest absolute Gasteiger partial charge is 0.451 e. The van der Waals surface area contributed by atoms with Crippen LogP contribution in [0.4, 0.5) is 13.9 Å². The van der Waals surface area contributed by atoms with Crippen molar-refractivity contribution in [3.8, 4) is 0 Å². The molecule has 9 heteroatoms. The second kappa shape index (κ2) is 8.44. The van der Waals surface area contributed by atoms with Gasteiger partial charge < -0.3 is 9.32 Å². The molecule has 0 atom stereocenters. The average Bonchev–Trinajstić information content (AvgIpc) is 3.25. The number of para-hydroxylation sites is 1. The van der Waals surface area contributed by atoms with Crippen LogP contribution in [0.1, 0.15) is 10.6 Å². The maximum Gasteiger partial charge on any atom is 0.295 e. The first-order valence-electron chi connectivity index (χ1n) is 8.63. The summed E-state index contributed by atoms with van der Waals surface area (Å²) in [5, 5.41) is 1.11. The summed E-state index contributed by atoms with van der Waals surface area (Å²) in [4.78, 5) is 20.8. The highest BCUT2D eigenvalue weighted by molar-refractivity contribution is 7.22. The van der Waals surface area contributed by atoms with Crippen LogP contribution >= 0.6 is 23.7 Å². The van der Waals surface area contributed by atoms with Gasteiger partial charge in [0.2, 0.25) is 0 Å². The third kappa shape index (κ3) is 4.24. The van der Waals surface area contributed by atoms with Gasteiger partial charge in [-0.2, -0.15) is 0 Å². The molecule has 0 unspecified atom stereocenters. The number of nitrogens with zero attached hydrogens (tertiary/aromatic N) is 3. The van der Waals surface area contributed by atoms with Crippen molar-refractivity contribution >= 4 is 56.0 Å². The third-order valence-electron chi connectivity index (χ3n) is 4.29. The number of anilines is 1. The number of hydrogen-bond donors (Lipinski definition) is 0. The summed E-state index contributed by atoms with van der Waals surface area (Å²) in [5.74, 6) is -1.63. The number of carbonyl (C=O) groups is 1. The van der Waals surface area contributed by atoms with E-state index < -0.39 is 11.6 Å². The molecule has 0 aliphatic rings. The van der Waals surface area contributed by atoms with Crippen LogP contribution in [0.15, 0.2) is 46.9 Å². The van der Waals surface area contributed by atoms with Crippen molar-refractivity contribution in [1.29, 1.82) is 0 Å². The summed E-state index contributed by atoms with van der Waals surface area (Å²) in [6.07, 6.45) is 0. The van der Waals surface area contributed by atoms with Crippen molar-refractivity contribution in [2.75, 3.05) is 32.1 Å². The number of rotatable bonds is 5. The Balaban J connectivity index is 0.00000240. The van der Waals surface area contributed by atoms with E-state index in [0.717, 1.165) is 22.8 Å². The van der Waals surface area contributed by atoms with E-state index in [1.54, 1.807) is 12.1 Å². The minimum Gasteiger partial charge on any atom is -0.451 e. The minimum absolute atomic E-state index is 0. The molecule has 2 aromatic heterocycles. The van der Waals surface area contributed by atoms with Crippen LogP contribution in [0.2, 0.25) is 0 Å². The number of benzene rings is 2. The van der Waals surface area contributed by atoms with Gasteiger partial charge in [-0.3, -0.25) is 9.69 Å². The molecule has 0 saturated carbocycles. The lowest BCUT2D eigenvalue weighted by Crippen LogP contribution is -2.36. The lowest BCUT2D eigenvalue weighted by molar-refractivity contribution is 0.0960. The van der Waals surface area contributed by atoms with Gasteiger partial charge in [0.25, 0.3) is 5.91 Å². The number of amides is 1. The highest BCUT2D eigenvalue weighted by Crippen LogP contribution is 2.32. The third-order valence-corrected chi connectivity index (χ3v) is 5.31. The molecule has 2 heterocycles. The van der Waals surface area contributed by atoms with E-state index in [1.165, 1.54) is 11.0 Å². The molecule has 0 bridgehead atoms. The van der Waals surface area contributed by atoms with Gasteiger partial charge >= 0.3 is 0 Å². The molecule has 5 nitrogen and oxygen atoms in total. The van der Waals surface area contributed by atoms with Crippen LogP contribution in [0.5, 0.6) is 0 Å². The zero-order valence-corrected chi connectivity index (χ0v) is 17.3. The maximum absolute atomic E-state index is 14.1. The lowest BCUT2D eigenvalue weighted by atomic mass is 10.2. The molecule has 4 rings (SSSR count). The van der Waals surface area contributed by atoms with E-state index in [2.05, 4.69) is 4.98 Å². The SMILES string of the molecule is CN(C)CCN(C(=O)c1cc2ccccc2o1)c1nc2c(F)cc(F)cc2s1.Cl. The molecule has 1 amide bonds. The van der Waals surface area contributed by atoms with Gasteiger partial charge in [-0.1, -0.05) is 29.5 Å². The molecule has 0 aliphatic heterocycles. The normalized spacial score (nSPS) is 11.2. The smallest absolute Gasteiger partial charge is 0.295 e. The predicted molar refractivity (Wildman–Crippen MR) is 113 cm³/mol. The van der Waals surface area contributed by atoms with Gasteiger partial charge in [-0.25, -0.2) is 13.8 Å². The van der Waals surface area contributed by atoms with E-state index in [-0.39, 0.29) is 29.6 Å². The fraction of sp³-hybridized carbons (Fsp3) is 0.200. The van der Waals surface area contributed by atoms with E-state index >= 15 is 0 Å². The number of thiazole rings is 1. The topological polar surface area (TPSA) is 49.6 Å². The van der Waals surface area contributed by atoms with Crippen LogP contribution in [-0.2, 0) is 0 Å². The second-order valence-corrected chi connectivity index (χ2v) is 7.65. The van der Waals surface area contributed by atoms with Gasteiger partial charge in [-0.05, 0) is 32.3 Å². The van der Waals surface area contributed by atoms with Crippen molar-refractivity contribution in [2.45, 2.75) is 0 Å². The number of furan rings is 1. The summed E-state index contributed by atoms with van der Waals surface area (Å²) < 4.78 is 33.7. The average molecular weight is 438 g/mol. The minimum atomic E-state index is -0.749. The number of fused-ring (bicyclic) bond motifs is 2. The Morgan fingerprint density at radius 3 is 2.62 bits per heavy atom. The van der Waals surface area contributed by atoms with Crippen molar-refractivity contribution in [1.82, 2.24) is 9.88 Å². The van der Waals surface area contributed by atoms with Crippen LogP contribution in [-0.4, -0.2) is 43.0 Å². The van der Waals surface area contributed by atoms with Crippen molar-refractivity contribution in [3.05, 3.63) is 59.9 Å². The highest BCUT2D eigenvalue weighted by Gasteiger charge is 2.25. The number of carbonyl (C=O) groups excluding carboxylic acids is 1. The first-order valence-corrected chi connectivity index (χ1v) is 9.45. The Morgan fingerprint density at radius 1 is 1.14 bits per heavy atom. The molecule has 4 aromatic rings. The van der Waals surface area contributed by atoms with E-state index in [0.29, 0.717) is 28.5 Å². The Morgan fingerprint density at radius 2 is 1.90 bits per heavy atom. The van der Waals surface area contributed by atoms with Crippen molar-refractivity contribution < 1.29 is 18.0 Å². The molecule has 0 N–H and O–H groups in total. The number of likely N-dealkylation sites (N-methyl/N-ethyl adjacent to an activating group) is 1. The molecule has 0 spiro atoms. The van der Waals surface area contributed by atoms with Gasteiger partial charge in [-0.15, -0.1) is 12.4 Å². The Kier molecular flexibility index (Phi) is 6.16. The number of halogens is 3. The molecule has 0 saturated heterocycles. The summed E-state index contributed by atoms with van der Waals surface area (Å²) >= 11 is 1.07. The Labute approximate surface area is 175 Å². The lowest BCUT2D eigenvalue weighted by Gasteiger charge is -2.20.